The molecule has 0 fully saturated rings. The van der Waals surface area contributed by atoms with Gasteiger partial charge in [-0.2, -0.15) is 0 Å². The van der Waals surface area contributed by atoms with Gasteiger partial charge in [0.1, 0.15) is 5.69 Å². The number of carbonyl (C=O) groups is 3. The van der Waals surface area contributed by atoms with Crippen LogP contribution in [0.5, 0.6) is 0 Å². The Hall–Kier alpha value is -2.31. The predicted octanol–water partition coefficient (Wildman–Crippen LogP) is 1.06. The maximum atomic E-state index is 12.1. The van der Waals surface area contributed by atoms with Gasteiger partial charge in [-0.15, -0.1) is 0 Å². The molecule has 0 aliphatic rings. The minimum Gasteiger partial charge on any atom is -0.459 e. The zero-order valence-electron chi connectivity index (χ0n) is 13.6. The number of rotatable bonds is 6. The molecule has 0 atom stereocenters. The van der Waals surface area contributed by atoms with Crippen LogP contribution >= 0.6 is 0 Å². The number of amides is 2. The van der Waals surface area contributed by atoms with E-state index in [4.69, 9.17) is 4.74 Å². The molecule has 22 heavy (non-hydrogen) atoms. The van der Waals surface area contributed by atoms with Gasteiger partial charge in [0, 0.05) is 12.2 Å². The van der Waals surface area contributed by atoms with Crippen molar-refractivity contribution < 1.29 is 19.1 Å². The van der Waals surface area contributed by atoms with Gasteiger partial charge >= 0.3 is 5.97 Å². The lowest BCUT2D eigenvalue weighted by Crippen LogP contribution is -2.37. The van der Waals surface area contributed by atoms with E-state index < -0.39 is 11.9 Å². The highest BCUT2D eigenvalue weighted by Crippen LogP contribution is 2.19. The monoisotopic (exact) mass is 309 g/mol. The van der Waals surface area contributed by atoms with Gasteiger partial charge < -0.3 is 20.4 Å². The lowest BCUT2D eigenvalue weighted by Gasteiger charge is -2.08. The molecule has 0 aliphatic carbocycles. The average molecular weight is 309 g/mol. The molecule has 0 saturated heterocycles. The van der Waals surface area contributed by atoms with Crippen LogP contribution in [0.1, 0.15) is 52.9 Å². The molecule has 0 spiro atoms. The van der Waals surface area contributed by atoms with Gasteiger partial charge in [0.05, 0.1) is 18.2 Å². The van der Waals surface area contributed by atoms with Crippen molar-refractivity contribution in [1.29, 1.82) is 0 Å². The number of aryl methyl sites for hydroxylation is 1. The van der Waals surface area contributed by atoms with Crippen molar-refractivity contribution in [3.8, 4) is 0 Å². The van der Waals surface area contributed by atoms with Crippen molar-refractivity contribution in [2.45, 2.75) is 40.7 Å². The smallest absolute Gasteiger partial charge is 0.340 e. The Bertz CT molecular complexity index is 576. The third-order valence-corrected chi connectivity index (χ3v) is 2.99. The highest BCUT2D eigenvalue weighted by molar-refractivity contribution is 6.01. The van der Waals surface area contributed by atoms with E-state index in [0.29, 0.717) is 23.4 Å². The van der Waals surface area contributed by atoms with Gasteiger partial charge in [0.2, 0.25) is 5.91 Å². The molecular weight excluding hydrogens is 286 g/mol. The Labute approximate surface area is 129 Å². The largest absolute Gasteiger partial charge is 0.459 e. The van der Waals surface area contributed by atoms with Crippen molar-refractivity contribution in [3.05, 3.63) is 22.5 Å². The number of carbonyl (C=O) groups excluding carboxylic acids is 3. The Kier molecular flexibility index (Phi) is 6.15. The van der Waals surface area contributed by atoms with E-state index in [2.05, 4.69) is 15.6 Å². The fourth-order valence-corrected chi connectivity index (χ4v) is 2.06. The van der Waals surface area contributed by atoms with Crippen LogP contribution < -0.4 is 10.6 Å². The van der Waals surface area contributed by atoms with E-state index in [0.717, 1.165) is 0 Å². The summed E-state index contributed by atoms with van der Waals surface area (Å²) in [5, 5.41) is 5.10. The second kappa shape index (κ2) is 7.63. The molecule has 7 heteroatoms. The molecule has 0 aliphatic heterocycles. The number of hydrogen-bond acceptors (Lipinski definition) is 4. The Morgan fingerprint density at radius 1 is 1.18 bits per heavy atom. The summed E-state index contributed by atoms with van der Waals surface area (Å²) in [7, 11) is 0. The van der Waals surface area contributed by atoms with E-state index >= 15 is 0 Å². The fraction of sp³-hybridized carbons (Fsp3) is 0.533. The van der Waals surface area contributed by atoms with Gasteiger partial charge in [0.15, 0.2) is 0 Å². The van der Waals surface area contributed by atoms with Crippen LogP contribution in [-0.2, 0) is 9.53 Å². The summed E-state index contributed by atoms with van der Waals surface area (Å²) in [6, 6.07) is 0. The summed E-state index contributed by atoms with van der Waals surface area (Å²) in [4.78, 5) is 38.4. The van der Waals surface area contributed by atoms with Gasteiger partial charge in [-0.25, -0.2) is 4.79 Å². The third-order valence-electron chi connectivity index (χ3n) is 2.99. The molecular formula is C15H23N3O4. The first kappa shape index (κ1) is 17.7. The molecule has 0 radical (unpaired) electrons. The Balaban J connectivity index is 2.87. The molecule has 1 aromatic heterocycles. The zero-order valence-corrected chi connectivity index (χ0v) is 13.6. The van der Waals surface area contributed by atoms with Gasteiger partial charge in [-0.1, -0.05) is 0 Å². The average Bonchev–Trinajstić information content (AvgIpc) is 2.71. The number of aromatic nitrogens is 1. The first-order valence-corrected chi connectivity index (χ1v) is 7.22. The number of hydrogen-bond donors (Lipinski definition) is 3. The molecule has 0 unspecified atom stereocenters. The summed E-state index contributed by atoms with van der Waals surface area (Å²) in [5.74, 6) is -1.17. The third kappa shape index (κ3) is 4.34. The first-order valence-electron chi connectivity index (χ1n) is 7.22. The van der Waals surface area contributed by atoms with Crippen molar-refractivity contribution >= 4 is 17.8 Å². The molecule has 1 aromatic rings. The number of nitrogens with one attached hydrogen (secondary N) is 3. The number of esters is 1. The molecule has 0 saturated carbocycles. The van der Waals surface area contributed by atoms with Crippen LogP contribution in [0.25, 0.3) is 0 Å². The minimum atomic E-state index is -0.468. The second-order valence-corrected chi connectivity index (χ2v) is 5.22. The van der Waals surface area contributed by atoms with E-state index in [-0.39, 0.29) is 24.2 Å². The quantitative estimate of drug-likeness (QED) is 0.684. The number of H-pyrrole nitrogens is 1. The van der Waals surface area contributed by atoms with Crippen LogP contribution in [0.15, 0.2) is 0 Å². The summed E-state index contributed by atoms with van der Waals surface area (Å²) in [6.07, 6.45) is -0.240. The number of aromatic amines is 1. The topological polar surface area (TPSA) is 100 Å². The molecule has 0 aromatic carbocycles. The van der Waals surface area contributed by atoms with Crippen molar-refractivity contribution in [1.82, 2.24) is 15.6 Å². The SMILES string of the molecule is CCNC(=O)CNC(=O)c1[nH]c(C)c(C(=O)OC(C)C)c1C. The van der Waals surface area contributed by atoms with E-state index in [1.807, 2.05) is 0 Å². The van der Waals surface area contributed by atoms with Gasteiger partial charge in [-0.05, 0) is 40.2 Å². The zero-order chi connectivity index (χ0) is 16.9. The normalized spacial score (nSPS) is 10.5. The molecule has 122 valence electrons. The van der Waals surface area contributed by atoms with Crippen molar-refractivity contribution in [3.63, 3.8) is 0 Å². The fourth-order valence-electron chi connectivity index (χ4n) is 2.06. The number of likely N-dealkylation sites (N-methyl/N-ethyl adjacent to an activating group) is 1. The van der Waals surface area contributed by atoms with Crippen molar-refractivity contribution in [2.24, 2.45) is 0 Å². The highest BCUT2D eigenvalue weighted by atomic mass is 16.5. The van der Waals surface area contributed by atoms with E-state index in [1.165, 1.54) is 0 Å². The second-order valence-electron chi connectivity index (χ2n) is 5.22. The van der Waals surface area contributed by atoms with Crippen molar-refractivity contribution in [2.75, 3.05) is 13.1 Å². The summed E-state index contributed by atoms with van der Waals surface area (Å²) in [6.45, 7) is 9.07. The first-order chi connectivity index (χ1) is 10.3. The summed E-state index contributed by atoms with van der Waals surface area (Å²) >= 11 is 0. The van der Waals surface area contributed by atoms with Crippen LogP contribution in [0.3, 0.4) is 0 Å². The minimum absolute atomic E-state index is 0.115. The van der Waals surface area contributed by atoms with Crippen LogP contribution in [-0.4, -0.2) is 42.0 Å². The molecule has 3 N–H and O–H groups in total. The van der Waals surface area contributed by atoms with Gasteiger partial charge in [-0.3, -0.25) is 9.59 Å². The van der Waals surface area contributed by atoms with Crippen LogP contribution in [0.4, 0.5) is 0 Å². The van der Waals surface area contributed by atoms with Crippen LogP contribution in [0, 0.1) is 13.8 Å². The summed E-state index contributed by atoms with van der Waals surface area (Å²) < 4.78 is 5.17. The Morgan fingerprint density at radius 3 is 2.36 bits per heavy atom. The predicted molar refractivity (Wildman–Crippen MR) is 81.8 cm³/mol. The number of ether oxygens (including phenoxy) is 1. The summed E-state index contributed by atoms with van der Waals surface area (Å²) in [5.41, 5.74) is 1.69. The molecule has 0 bridgehead atoms. The molecule has 7 nitrogen and oxygen atoms in total. The molecule has 1 rings (SSSR count). The lowest BCUT2D eigenvalue weighted by molar-refractivity contribution is -0.120. The lowest BCUT2D eigenvalue weighted by atomic mass is 10.1. The maximum Gasteiger partial charge on any atom is 0.340 e. The van der Waals surface area contributed by atoms with E-state index in [1.54, 1.807) is 34.6 Å². The maximum absolute atomic E-state index is 12.1. The molecule has 2 amide bonds. The highest BCUT2D eigenvalue weighted by Gasteiger charge is 2.23. The van der Waals surface area contributed by atoms with Gasteiger partial charge in [0.25, 0.3) is 5.91 Å². The van der Waals surface area contributed by atoms with E-state index in [9.17, 15) is 14.4 Å². The van der Waals surface area contributed by atoms with Crippen LogP contribution in [0.2, 0.25) is 0 Å². The Morgan fingerprint density at radius 2 is 1.82 bits per heavy atom. The molecule has 1 heterocycles. The standard InChI is InChI=1S/C15H23N3O4/c1-6-16-11(19)7-17-14(20)13-9(4)12(10(5)18-13)15(21)22-8(2)3/h8,18H,6-7H2,1-5H3,(H,16,19)(H,17,20).